The topological polar surface area (TPSA) is 40.1 Å². The molecule has 0 rings (SSSR count). The van der Waals surface area contributed by atoms with Crippen LogP contribution in [0, 0.1) is 0 Å². The molecule has 0 bridgehead atoms. The van der Waals surface area contributed by atoms with E-state index in [2.05, 4.69) is 39.3 Å². The minimum absolute atomic E-state index is 1.35. The Kier molecular flexibility index (Phi) is 16.0. The summed E-state index contributed by atoms with van der Waals surface area (Å²) in [6, 6.07) is 0. The van der Waals surface area contributed by atoms with Crippen LogP contribution in [0.4, 0.5) is 8.78 Å². The van der Waals surface area contributed by atoms with E-state index < -0.39 is 11.4 Å². The lowest BCUT2D eigenvalue weighted by atomic mass is 10.1. The zero-order valence-corrected chi connectivity index (χ0v) is 16.6. The molecule has 0 atom stereocenters. The Bertz CT molecular complexity index is 272. The van der Waals surface area contributed by atoms with Gasteiger partial charge in [-0.05, 0) is 37.3 Å². The first-order chi connectivity index (χ1) is 11.2. The summed E-state index contributed by atoms with van der Waals surface area (Å²) < 4.78 is 23.3. The fourth-order valence-electron chi connectivity index (χ4n) is 2.64. The quantitative estimate of drug-likeness (QED) is 0.351. The Balaban J connectivity index is 0. The molecule has 0 saturated heterocycles. The van der Waals surface area contributed by atoms with Crippen LogP contribution in [0.25, 0.3) is 0 Å². The molecule has 146 valence electrons. The largest absolute Gasteiger partial charge is 0.543 e. The van der Waals surface area contributed by atoms with E-state index in [9.17, 15) is 8.78 Å². The maximum Gasteiger partial charge on any atom is 0.362 e. The Morgan fingerprint density at radius 2 is 1.04 bits per heavy atom. The van der Waals surface area contributed by atoms with E-state index in [0.29, 0.717) is 0 Å². The first-order valence-electron chi connectivity index (χ1n) is 9.32. The summed E-state index contributed by atoms with van der Waals surface area (Å²) in [6.45, 7) is 15.0. The highest BCUT2D eigenvalue weighted by molar-refractivity contribution is 6.30. The summed E-state index contributed by atoms with van der Waals surface area (Å²) in [6.07, 6.45) is 11.1. The van der Waals surface area contributed by atoms with Crippen molar-refractivity contribution in [2.24, 2.45) is 0 Å². The van der Waals surface area contributed by atoms with Crippen molar-refractivity contribution in [2.45, 2.75) is 84.4 Å². The van der Waals surface area contributed by atoms with E-state index in [0.717, 1.165) is 0 Å². The Labute approximate surface area is 152 Å². The number of hydrogen-bond donors (Lipinski definition) is 0. The van der Waals surface area contributed by atoms with Gasteiger partial charge in [-0.15, -0.1) is 0 Å². The Hall–Kier alpha value is -0.420. The van der Waals surface area contributed by atoms with Gasteiger partial charge in [0.25, 0.3) is 0 Å². The molecule has 6 heteroatoms. The van der Waals surface area contributed by atoms with E-state index in [-0.39, 0.29) is 0 Å². The number of carboxylic acid groups (broad SMARTS) is 1. The van der Waals surface area contributed by atoms with Crippen LogP contribution in [-0.4, -0.2) is 42.0 Å². The first-order valence-corrected chi connectivity index (χ1v) is 9.70. The molecule has 0 aromatic carbocycles. The molecule has 0 aliphatic carbocycles. The van der Waals surface area contributed by atoms with Crippen molar-refractivity contribution in [3.63, 3.8) is 0 Å². The summed E-state index contributed by atoms with van der Waals surface area (Å²) >= 11 is 3.87. The number of unbranched alkanes of at least 4 members (excludes halogenated alkanes) is 4. The van der Waals surface area contributed by atoms with Crippen LogP contribution in [-0.2, 0) is 4.79 Å². The molecule has 0 amide bonds. The van der Waals surface area contributed by atoms with Crippen molar-refractivity contribution >= 4 is 17.6 Å². The molecule has 0 saturated carbocycles. The normalized spacial score (nSPS) is 11.8. The van der Waals surface area contributed by atoms with Crippen molar-refractivity contribution in [3.8, 4) is 0 Å². The first kappa shape index (κ1) is 25.8. The van der Waals surface area contributed by atoms with Gasteiger partial charge in [0, 0.05) is 0 Å². The number of carbonyl (C=O) groups excluding carboxylic acids is 1. The average molecular weight is 372 g/mol. The molecule has 3 nitrogen and oxygen atoms in total. The van der Waals surface area contributed by atoms with Crippen LogP contribution in [0.3, 0.4) is 0 Å². The second kappa shape index (κ2) is 14.9. The molecular formula is C18H36ClF2NO2. The van der Waals surface area contributed by atoms with Crippen LogP contribution in [0.15, 0.2) is 0 Å². The van der Waals surface area contributed by atoms with Gasteiger partial charge in [-0.3, -0.25) is 0 Å². The molecule has 0 aliphatic heterocycles. The van der Waals surface area contributed by atoms with Crippen LogP contribution in [0.5, 0.6) is 0 Å². The standard InChI is InChI=1S/C16H36N.C2HClF2O2/c1-5-9-13-17(14-10-6-2,15-11-7-3)16-12-8-4;3-2(4,5)1(6)7/h5-16H2,1-4H3;(H,6,7)/q+1;/p-1. The van der Waals surface area contributed by atoms with Crippen LogP contribution >= 0.6 is 11.6 Å². The summed E-state index contributed by atoms with van der Waals surface area (Å²) in [4.78, 5) is 9.03. The van der Waals surface area contributed by atoms with Gasteiger partial charge in [0.1, 0.15) is 5.97 Å². The monoisotopic (exact) mass is 371 g/mol. The van der Waals surface area contributed by atoms with E-state index in [1.165, 1.54) is 82.0 Å². The lowest BCUT2D eigenvalue weighted by Crippen LogP contribution is -2.50. The van der Waals surface area contributed by atoms with Crippen molar-refractivity contribution < 1.29 is 23.2 Å². The van der Waals surface area contributed by atoms with E-state index in [1.807, 2.05) is 0 Å². The van der Waals surface area contributed by atoms with Gasteiger partial charge >= 0.3 is 5.38 Å². The number of quaternary nitrogens is 1. The highest BCUT2D eigenvalue weighted by atomic mass is 35.5. The lowest BCUT2D eigenvalue weighted by Gasteiger charge is -2.39. The number of hydrogen-bond acceptors (Lipinski definition) is 2. The lowest BCUT2D eigenvalue weighted by molar-refractivity contribution is -0.929. The van der Waals surface area contributed by atoms with Gasteiger partial charge in [-0.2, -0.15) is 8.78 Å². The molecule has 0 aromatic rings. The van der Waals surface area contributed by atoms with Gasteiger partial charge in [-0.1, -0.05) is 53.4 Å². The third-order valence-electron chi connectivity index (χ3n) is 4.18. The average Bonchev–Trinajstić information content (AvgIpc) is 2.53. The highest BCUT2D eigenvalue weighted by Crippen LogP contribution is 2.17. The number of halogens is 3. The number of nitrogens with zero attached hydrogens (tertiary/aromatic N) is 1. The van der Waals surface area contributed by atoms with E-state index in [4.69, 9.17) is 9.90 Å². The zero-order valence-electron chi connectivity index (χ0n) is 15.9. The molecule has 0 radical (unpaired) electrons. The van der Waals surface area contributed by atoms with Crippen molar-refractivity contribution in [1.82, 2.24) is 0 Å². The molecular weight excluding hydrogens is 336 g/mol. The molecule has 0 aliphatic rings. The second-order valence-corrected chi connectivity index (χ2v) is 6.91. The van der Waals surface area contributed by atoms with Gasteiger partial charge < -0.3 is 14.4 Å². The predicted octanol–water partition coefficient (Wildman–Crippen LogP) is 4.57. The summed E-state index contributed by atoms with van der Waals surface area (Å²) in [5, 5.41) is 4.81. The van der Waals surface area contributed by atoms with Crippen molar-refractivity contribution in [3.05, 3.63) is 0 Å². The Morgan fingerprint density at radius 3 is 1.17 bits per heavy atom. The van der Waals surface area contributed by atoms with Crippen molar-refractivity contribution in [1.29, 1.82) is 0 Å². The van der Waals surface area contributed by atoms with Gasteiger partial charge in [-0.25, -0.2) is 0 Å². The summed E-state index contributed by atoms with van der Waals surface area (Å²) in [5.74, 6) is -2.57. The fraction of sp³-hybridized carbons (Fsp3) is 0.944. The number of aliphatic carboxylic acids is 1. The van der Waals surface area contributed by atoms with Crippen LogP contribution in [0.1, 0.15) is 79.1 Å². The molecule has 24 heavy (non-hydrogen) atoms. The van der Waals surface area contributed by atoms with E-state index in [1.54, 1.807) is 0 Å². The third kappa shape index (κ3) is 14.0. The van der Waals surface area contributed by atoms with Gasteiger partial charge in [0.2, 0.25) is 0 Å². The minimum atomic E-state index is -4.22. The maximum atomic E-state index is 10.9. The van der Waals surface area contributed by atoms with Gasteiger partial charge in [0.15, 0.2) is 0 Å². The van der Waals surface area contributed by atoms with Crippen LogP contribution in [0.2, 0.25) is 0 Å². The number of carboxylic acids is 1. The van der Waals surface area contributed by atoms with Crippen molar-refractivity contribution in [2.75, 3.05) is 26.2 Å². The zero-order chi connectivity index (χ0) is 19.1. The molecule has 0 aromatic heterocycles. The molecule has 0 unspecified atom stereocenters. The molecule has 0 fully saturated rings. The van der Waals surface area contributed by atoms with Gasteiger partial charge in [0.05, 0.1) is 26.2 Å². The smallest absolute Gasteiger partial charge is 0.362 e. The highest BCUT2D eigenvalue weighted by Gasteiger charge is 2.26. The third-order valence-corrected chi connectivity index (χ3v) is 4.33. The Morgan fingerprint density at radius 1 is 0.833 bits per heavy atom. The number of carbonyl (C=O) groups is 1. The predicted molar refractivity (Wildman–Crippen MR) is 95.2 cm³/mol. The summed E-state index contributed by atoms with van der Waals surface area (Å²) in [5.41, 5.74) is 0. The number of alkyl halides is 3. The maximum absolute atomic E-state index is 10.9. The molecule has 0 N–H and O–H groups in total. The molecule has 0 heterocycles. The van der Waals surface area contributed by atoms with Crippen LogP contribution < -0.4 is 5.11 Å². The van der Waals surface area contributed by atoms with E-state index >= 15 is 0 Å². The minimum Gasteiger partial charge on any atom is -0.543 e. The fourth-order valence-corrected chi connectivity index (χ4v) is 2.64. The SMILES string of the molecule is CCCC[N+](CCCC)(CCCC)CCCC.O=C([O-])C(F)(F)Cl. The second-order valence-electron chi connectivity index (χ2n) is 6.44. The summed E-state index contributed by atoms with van der Waals surface area (Å²) in [7, 11) is 0. The number of rotatable bonds is 13. The molecule has 0 spiro atoms.